The predicted octanol–water partition coefficient (Wildman–Crippen LogP) is 5.53. The lowest BCUT2D eigenvalue weighted by molar-refractivity contribution is 0.337. The van der Waals surface area contributed by atoms with Crippen molar-refractivity contribution in [1.29, 1.82) is 0 Å². The van der Waals surface area contributed by atoms with Crippen molar-refractivity contribution >= 4 is 21.7 Å². The number of sulfonamides is 1. The Labute approximate surface area is 230 Å². The minimum atomic E-state index is -3.63. The van der Waals surface area contributed by atoms with Crippen LogP contribution in [0.1, 0.15) is 41.9 Å². The van der Waals surface area contributed by atoms with Crippen LogP contribution < -0.4 is 10.0 Å². The molecule has 1 aliphatic heterocycles. The molecule has 0 spiro atoms. The molecule has 4 aromatic rings. The molecule has 0 radical (unpaired) electrons. The summed E-state index contributed by atoms with van der Waals surface area (Å²) in [4.78, 5) is 12.3. The highest BCUT2D eigenvalue weighted by molar-refractivity contribution is 7.92. The quantitative estimate of drug-likeness (QED) is 0.272. The molecule has 7 nitrogen and oxygen atoms in total. The van der Waals surface area contributed by atoms with Gasteiger partial charge < -0.3 is 10.2 Å². The fraction of sp³-hybridized carbons (Fsp3) is 0.290. The Kier molecular flexibility index (Phi) is 7.30. The third-order valence-corrected chi connectivity index (χ3v) is 9.03. The van der Waals surface area contributed by atoms with Crippen molar-refractivity contribution in [2.24, 2.45) is 0 Å². The molecule has 1 saturated heterocycles. The molecule has 1 aromatic heterocycles. The van der Waals surface area contributed by atoms with E-state index in [1.807, 2.05) is 30.5 Å². The van der Waals surface area contributed by atoms with Crippen LogP contribution in [0.15, 0.2) is 90.0 Å². The molecule has 1 aliphatic carbocycles. The molecule has 1 fully saturated rings. The summed E-state index contributed by atoms with van der Waals surface area (Å²) < 4.78 is 28.1. The van der Waals surface area contributed by atoms with E-state index in [1.54, 1.807) is 30.3 Å². The smallest absolute Gasteiger partial charge is 0.261 e. The van der Waals surface area contributed by atoms with E-state index in [-0.39, 0.29) is 10.8 Å². The van der Waals surface area contributed by atoms with Crippen molar-refractivity contribution in [3.8, 4) is 11.3 Å². The van der Waals surface area contributed by atoms with Crippen molar-refractivity contribution in [2.75, 3.05) is 36.2 Å². The maximum atomic E-state index is 12.7. The second kappa shape index (κ2) is 11.2. The van der Waals surface area contributed by atoms with Crippen molar-refractivity contribution in [3.05, 3.63) is 102 Å². The van der Waals surface area contributed by atoms with Gasteiger partial charge in [0, 0.05) is 29.9 Å². The Bertz CT molecular complexity index is 1540. The van der Waals surface area contributed by atoms with Gasteiger partial charge in [0.25, 0.3) is 10.0 Å². The van der Waals surface area contributed by atoms with Gasteiger partial charge in [-0.05, 0) is 86.3 Å². The number of fused-ring (bicyclic) bond motifs is 3. The van der Waals surface area contributed by atoms with E-state index in [0.717, 1.165) is 48.3 Å². The molecule has 0 amide bonds. The number of aromatic nitrogens is 2. The van der Waals surface area contributed by atoms with Crippen LogP contribution in [0.3, 0.4) is 0 Å². The van der Waals surface area contributed by atoms with Gasteiger partial charge in [-0.2, -0.15) is 0 Å². The lowest BCUT2D eigenvalue weighted by atomic mass is 9.78. The predicted molar refractivity (Wildman–Crippen MR) is 155 cm³/mol. The molecule has 200 valence electrons. The largest absolute Gasteiger partial charge is 0.354 e. The first kappa shape index (κ1) is 25.5. The summed E-state index contributed by atoms with van der Waals surface area (Å²) in [6, 6.07) is 24.5. The average molecular weight is 540 g/mol. The van der Waals surface area contributed by atoms with Crippen LogP contribution in [0, 0.1) is 0 Å². The van der Waals surface area contributed by atoms with Crippen LogP contribution in [-0.2, 0) is 16.4 Å². The van der Waals surface area contributed by atoms with Gasteiger partial charge >= 0.3 is 0 Å². The van der Waals surface area contributed by atoms with Gasteiger partial charge in [0.1, 0.15) is 0 Å². The summed E-state index contributed by atoms with van der Waals surface area (Å²) in [6.07, 6.45) is 6.46. The van der Waals surface area contributed by atoms with Gasteiger partial charge in [0.05, 0.1) is 10.6 Å². The van der Waals surface area contributed by atoms with E-state index in [2.05, 4.69) is 44.2 Å². The van der Waals surface area contributed by atoms with E-state index in [1.165, 1.54) is 31.5 Å². The average Bonchev–Trinajstić information content (AvgIpc) is 3.49. The Morgan fingerprint density at radius 2 is 1.64 bits per heavy atom. The fourth-order valence-electron chi connectivity index (χ4n) is 5.62. The Balaban J connectivity index is 1.17. The summed E-state index contributed by atoms with van der Waals surface area (Å²) in [6.45, 7) is 4.42. The third kappa shape index (κ3) is 5.67. The SMILES string of the molecule is O=S(=O)(Nc1ccc(C2Cc3cnc(NCCCN4CCCC4)nc3-c3ccccc32)cc1)c1ccccc1. The number of nitrogens with zero attached hydrogens (tertiary/aromatic N) is 3. The molecule has 3 aromatic carbocycles. The molecular weight excluding hydrogens is 506 g/mol. The van der Waals surface area contributed by atoms with Gasteiger partial charge in [-0.1, -0.05) is 54.6 Å². The van der Waals surface area contributed by atoms with Crippen molar-refractivity contribution in [3.63, 3.8) is 0 Å². The normalized spacial score (nSPS) is 16.9. The van der Waals surface area contributed by atoms with Gasteiger partial charge in [0.15, 0.2) is 0 Å². The van der Waals surface area contributed by atoms with E-state index in [0.29, 0.717) is 11.6 Å². The molecule has 2 N–H and O–H groups in total. The highest BCUT2D eigenvalue weighted by atomic mass is 32.2. The van der Waals surface area contributed by atoms with Gasteiger partial charge in [-0.15, -0.1) is 0 Å². The first-order valence-electron chi connectivity index (χ1n) is 13.7. The number of hydrogen-bond acceptors (Lipinski definition) is 6. The minimum absolute atomic E-state index is 0.136. The summed E-state index contributed by atoms with van der Waals surface area (Å²) in [5.41, 5.74) is 6.12. The zero-order valence-electron chi connectivity index (χ0n) is 21.9. The Morgan fingerprint density at radius 1 is 0.897 bits per heavy atom. The topological polar surface area (TPSA) is 87.2 Å². The summed E-state index contributed by atoms with van der Waals surface area (Å²) in [5, 5.41) is 3.42. The Hall–Kier alpha value is -3.75. The maximum absolute atomic E-state index is 12.7. The highest BCUT2D eigenvalue weighted by Gasteiger charge is 2.27. The first-order valence-corrected chi connectivity index (χ1v) is 15.1. The summed E-state index contributed by atoms with van der Waals surface area (Å²) in [7, 11) is -3.63. The van der Waals surface area contributed by atoms with E-state index < -0.39 is 10.0 Å². The number of anilines is 2. The van der Waals surface area contributed by atoms with Gasteiger partial charge in [0.2, 0.25) is 5.95 Å². The maximum Gasteiger partial charge on any atom is 0.261 e. The van der Waals surface area contributed by atoms with Crippen LogP contribution >= 0.6 is 0 Å². The third-order valence-electron chi connectivity index (χ3n) is 7.63. The molecule has 1 atom stereocenters. The molecule has 8 heteroatoms. The van der Waals surface area contributed by atoms with E-state index in [4.69, 9.17) is 4.98 Å². The number of nitrogens with one attached hydrogen (secondary N) is 2. The monoisotopic (exact) mass is 539 g/mol. The lowest BCUT2D eigenvalue weighted by Crippen LogP contribution is -2.22. The van der Waals surface area contributed by atoms with Crippen LogP contribution in [0.4, 0.5) is 11.6 Å². The summed E-state index contributed by atoms with van der Waals surface area (Å²) >= 11 is 0. The zero-order valence-corrected chi connectivity index (χ0v) is 22.7. The molecule has 0 bridgehead atoms. The fourth-order valence-corrected chi connectivity index (χ4v) is 6.70. The van der Waals surface area contributed by atoms with Crippen molar-refractivity contribution < 1.29 is 8.42 Å². The molecule has 6 rings (SSSR count). The van der Waals surface area contributed by atoms with Gasteiger partial charge in [-0.3, -0.25) is 4.72 Å². The number of hydrogen-bond donors (Lipinski definition) is 2. The van der Waals surface area contributed by atoms with Crippen LogP contribution in [-0.4, -0.2) is 49.5 Å². The second-order valence-corrected chi connectivity index (χ2v) is 12.0. The second-order valence-electron chi connectivity index (χ2n) is 10.3. The number of rotatable bonds is 9. The molecule has 2 heterocycles. The van der Waals surface area contributed by atoms with Gasteiger partial charge in [-0.25, -0.2) is 18.4 Å². The molecule has 0 saturated carbocycles. The molecule has 39 heavy (non-hydrogen) atoms. The van der Waals surface area contributed by atoms with Crippen molar-refractivity contribution in [2.45, 2.75) is 36.5 Å². The van der Waals surface area contributed by atoms with Crippen LogP contribution in [0.25, 0.3) is 11.3 Å². The standard InChI is InChI=1S/C31H33N5O2S/c37-39(38,26-9-2-1-3-10-26)35-25-15-13-23(14-16-25)29-21-24-22-33-31(32-17-8-20-36-18-6-7-19-36)34-30(24)28-12-5-4-11-27(28)29/h1-5,9-16,22,29,35H,6-8,17-21H2,(H,32,33,34). The first-order chi connectivity index (χ1) is 19.1. The zero-order chi connectivity index (χ0) is 26.7. The minimum Gasteiger partial charge on any atom is -0.354 e. The summed E-state index contributed by atoms with van der Waals surface area (Å²) in [5.74, 6) is 0.815. The molecule has 1 unspecified atom stereocenters. The molecule has 2 aliphatic rings. The number of benzene rings is 3. The molecular formula is C31H33N5O2S. The van der Waals surface area contributed by atoms with Crippen LogP contribution in [0.2, 0.25) is 0 Å². The Morgan fingerprint density at radius 3 is 2.44 bits per heavy atom. The highest BCUT2D eigenvalue weighted by Crippen LogP contribution is 2.42. The van der Waals surface area contributed by atoms with Crippen molar-refractivity contribution in [1.82, 2.24) is 14.9 Å². The van der Waals surface area contributed by atoms with E-state index in [9.17, 15) is 8.42 Å². The number of likely N-dealkylation sites (tertiary alicyclic amines) is 1. The van der Waals surface area contributed by atoms with E-state index >= 15 is 0 Å². The lowest BCUT2D eigenvalue weighted by Gasteiger charge is -2.27. The van der Waals surface area contributed by atoms with Crippen LogP contribution in [0.5, 0.6) is 0 Å².